The highest BCUT2D eigenvalue weighted by Gasteiger charge is 2.48. The van der Waals surface area contributed by atoms with Crippen LogP contribution in [-0.4, -0.2) is 24.9 Å². The van der Waals surface area contributed by atoms with Gasteiger partial charge in [0.25, 0.3) is 0 Å². The summed E-state index contributed by atoms with van der Waals surface area (Å²) in [6.07, 6.45) is 4.36. The highest BCUT2D eigenvalue weighted by molar-refractivity contribution is 5.92. The molecule has 6 aromatic rings. The van der Waals surface area contributed by atoms with Crippen molar-refractivity contribution in [2.45, 2.75) is 79.1 Å². The monoisotopic (exact) mass is 672 g/mol. The summed E-state index contributed by atoms with van der Waals surface area (Å²) in [5.41, 5.74) is 8.91. The van der Waals surface area contributed by atoms with Gasteiger partial charge in [0.05, 0.1) is 11.4 Å². The standard InChI is InChI=1S/C44H46N7/c1-27(2)33-21-15-22-34(28(3)4)37(33)50-42-43(46-26-25-45-42)51(38-35(29(5)6)23-16-24-36(38)30(7)8)44(50)41-48-39(31-17-11-9-12-18-31)47-40(49-41)32-19-13-10-14-20-32/h9-30H,1-8H3. The Balaban J connectivity index is 1.63. The first-order valence-electron chi connectivity index (χ1n) is 18.1. The molecule has 4 aromatic carbocycles. The molecule has 0 amide bonds. The zero-order valence-corrected chi connectivity index (χ0v) is 30.8. The molecular weight excluding hydrogens is 627 g/mol. The van der Waals surface area contributed by atoms with Crippen molar-refractivity contribution in [2.24, 2.45) is 0 Å². The van der Waals surface area contributed by atoms with Crippen LogP contribution in [0.2, 0.25) is 0 Å². The molecule has 0 saturated heterocycles. The van der Waals surface area contributed by atoms with E-state index in [1.807, 2.05) is 36.4 Å². The fourth-order valence-electron chi connectivity index (χ4n) is 7.01. The summed E-state index contributed by atoms with van der Waals surface area (Å²) in [5, 5.41) is 0. The Labute approximate surface area is 302 Å². The number of fused-ring (bicyclic) bond motifs is 1. The number of hydrogen-bond acceptors (Lipinski definition) is 7. The van der Waals surface area contributed by atoms with E-state index in [2.05, 4.69) is 126 Å². The molecule has 7 rings (SSSR count). The number of aromatic nitrogens is 5. The molecule has 257 valence electrons. The van der Waals surface area contributed by atoms with Gasteiger partial charge in [0.15, 0.2) is 29.1 Å². The maximum absolute atomic E-state index is 5.35. The third-order valence-corrected chi connectivity index (χ3v) is 9.54. The SMILES string of the molecule is CC(C)c1cccc(C(C)C)c1N1[C](c2nc(-c3ccccc3)nc(-c3ccccc3)n2)N(c2c(C(C)C)cccc2C(C)C)c2nccnc21. The molecular formula is C44H46N7. The summed E-state index contributed by atoms with van der Waals surface area (Å²) in [4.78, 5) is 30.5. The van der Waals surface area contributed by atoms with Crippen LogP contribution in [0.3, 0.4) is 0 Å². The van der Waals surface area contributed by atoms with Gasteiger partial charge in [-0.2, -0.15) is 0 Å². The number of anilines is 4. The van der Waals surface area contributed by atoms with E-state index in [0.717, 1.165) is 40.3 Å². The highest BCUT2D eigenvalue weighted by atomic mass is 15.5. The zero-order chi connectivity index (χ0) is 35.8. The number of rotatable bonds is 9. The Morgan fingerprint density at radius 2 is 0.725 bits per heavy atom. The van der Waals surface area contributed by atoms with Crippen molar-refractivity contribution in [2.75, 3.05) is 9.80 Å². The van der Waals surface area contributed by atoms with Crippen molar-refractivity contribution in [3.8, 4) is 22.8 Å². The minimum Gasteiger partial charge on any atom is -0.288 e. The topological polar surface area (TPSA) is 70.9 Å². The van der Waals surface area contributed by atoms with E-state index in [1.54, 1.807) is 12.4 Å². The van der Waals surface area contributed by atoms with Crippen molar-refractivity contribution in [3.63, 3.8) is 0 Å². The second-order valence-electron chi connectivity index (χ2n) is 14.4. The van der Waals surface area contributed by atoms with Crippen LogP contribution in [0.15, 0.2) is 109 Å². The van der Waals surface area contributed by atoms with Gasteiger partial charge in [0.2, 0.25) is 6.17 Å². The van der Waals surface area contributed by atoms with E-state index in [4.69, 9.17) is 24.9 Å². The summed E-state index contributed by atoms with van der Waals surface area (Å²) in [6, 6.07) is 33.6. The molecule has 2 aromatic heterocycles. The van der Waals surface area contributed by atoms with E-state index in [9.17, 15) is 0 Å². The maximum atomic E-state index is 5.35. The lowest BCUT2D eigenvalue weighted by Gasteiger charge is -2.35. The number of hydrogen-bond donors (Lipinski definition) is 0. The first-order valence-corrected chi connectivity index (χ1v) is 18.1. The molecule has 51 heavy (non-hydrogen) atoms. The quantitative estimate of drug-likeness (QED) is 0.151. The Morgan fingerprint density at radius 3 is 1.06 bits per heavy atom. The predicted molar refractivity (Wildman–Crippen MR) is 209 cm³/mol. The summed E-state index contributed by atoms with van der Waals surface area (Å²) >= 11 is 0. The second kappa shape index (κ2) is 14.1. The van der Waals surface area contributed by atoms with E-state index in [1.165, 1.54) is 22.3 Å². The van der Waals surface area contributed by atoms with Gasteiger partial charge in [0, 0.05) is 23.5 Å². The van der Waals surface area contributed by atoms with Gasteiger partial charge in [-0.15, -0.1) is 0 Å². The van der Waals surface area contributed by atoms with E-state index in [-0.39, 0.29) is 23.7 Å². The molecule has 0 aliphatic carbocycles. The molecule has 3 heterocycles. The zero-order valence-electron chi connectivity index (χ0n) is 30.8. The van der Waals surface area contributed by atoms with Crippen LogP contribution in [0, 0.1) is 6.17 Å². The Kier molecular flexibility index (Phi) is 9.38. The van der Waals surface area contributed by atoms with Gasteiger partial charge in [-0.1, -0.05) is 152 Å². The smallest absolute Gasteiger partial charge is 0.237 e. The van der Waals surface area contributed by atoms with Crippen molar-refractivity contribution in [1.82, 2.24) is 24.9 Å². The van der Waals surface area contributed by atoms with Gasteiger partial charge < -0.3 is 0 Å². The number of nitrogens with zero attached hydrogens (tertiary/aromatic N) is 7. The molecule has 0 saturated carbocycles. The lowest BCUT2D eigenvalue weighted by Crippen LogP contribution is -2.35. The molecule has 1 aliphatic heterocycles. The molecule has 0 atom stereocenters. The van der Waals surface area contributed by atoms with E-state index in [0.29, 0.717) is 17.5 Å². The summed E-state index contributed by atoms with van der Waals surface area (Å²) in [6.45, 7) is 18.0. The van der Waals surface area contributed by atoms with Crippen LogP contribution in [0.5, 0.6) is 0 Å². The molecule has 0 spiro atoms. The summed E-state index contributed by atoms with van der Waals surface area (Å²) < 4.78 is 0. The molecule has 1 radical (unpaired) electrons. The molecule has 0 fully saturated rings. The van der Waals surface area contributed by atoms with E-state index < -0.39 is 0 Å². The van der Waals surface area contributed by atoms with Gasteiger partial charge in [-0.25, -0.2) is 24.9 Å². The molecule has 0 bridgehead atoms. The summed E-state index contributed by atoms with van der Waals surface area (Å²) in [7, 11) is 0. The minimum absolute atomic E-state index is 0.237. The third-order valence-electron chi connectivity index (χ3n) is 9.54. The van der Waals surface area contributed by atoms with Crippen molar-refractivity contribution >= 4 is 23.0 Å². The van der Waals surface area contributed by atoms with Crippen LogP contribution in [0.4, 0.5) is 23.0 Å². The molecule has 0 unspecified atom stereocenters. The van der Waals surface area contributed by atoms with Gasteiger partial charge in [-0.05, 0) is 45.9 Å². The first-order chi connectivity index (χ1) is 24.7. The van der Waals surface area contributed by atoms with Crippen LogP contribution in [-0.2, 0) is 0 Å². The highest BCUT2D eigenvalue weighted by Crippen LogP contribution is 2.55. The van der Waals surface area contributed by atoms with Crippen LogP contribution < -0.4 is 9.80 Å². The van der Waals surface area contributed by atoms with Crippen molar-refractivity contribution in [1.29, 1.82) is 0 Å². The normalized spacial score (nSPS) is 13.3. The molecule has 1 aliphatic rings. The van der Waals surface area contributed by atoms with Gasteiger partial charge in [0.1, 0.15) is 0 Å². The van der Waals surface area contributed by atoms with Crippen molar-refractivity contribution in [3.05, 3.63) is 144 Å². The largest absolute Gasteiger partial charge is 0.288 e. The minimum atomic E-state index is 0.237. The second-order valence-corrected chi connectivity index (χ2v) is 14.4. The molecule has 0 N–H and O–H groups in total. The number of para-hydroxylation sites is 2. The fourth-order valence-corrected chi connectivity index (χ4v) is 7.01. The van der Waals surface area contributed by atoms with Crippen LogP contribution in [0.1, 0.15) is 107 Å². The van der Waals surface area contributed by atoms with Crippen LogP contribution in [0.25, 0.3) is 22.8 Å². The van der Waals surface area contributed by atoms with Crippen LogP contribution >= 0.6 is 0 Å². The van der Waals surface area contributed by atoms with Gasteiger partial charge >= 0.3 is 0 Å². The first kappa shape index (κ1) is 34.0. The third kappa shape index (κ3) is 6.26. The van der Waals surface area contributed by atoms with E-state index >= 15 is 0 Å². The average molecular weight is 673 g/mol. The number of benzene rings is 4. The summed E-state index contributed by atoms with van der Waals surface area (Å²) in [5.74, 6) is 4.20. The lowest BCUT2D eigenvalue weighted by molar-refractivity contribution is 0.788. The maximum Gasteiger partial charge on any atom is 0.237 e. The Morgan fingerprint density at radius 1 is 0.392 bits per heavy atom. The average Bonchev–Trinajstić information content (AvgIpc) is 3.49. The molecule has 7 heteroatoms. The predicted octanol–water partition coefficient (Wildman–Crippen LogP) is 11.3. The Bertz CT molecular complexity index is 1940. The fraction of sp³-hybridized carbons (Fsp3) is 0.273. The lowest BCUT2D eigenvalue weighted by atomic mass is 9.91. The van der Waals surface area contributed by atoms with Crippen molar-refractivity contribution < 1.29 is 0 Å². The van der Waals surface area contributed by atoms with Gasteiger partial charge in [-0.3, -0.25) is 9.80 Å². The Hall–Kier alpha value is -5.43. The molecule has 7 nitrogen and oxygen atoms in total.